The van der Waals surface area contributed by atoms with Crippen LogP contribution in [0.3, 0.4) is 0 Å². The normalized spacial score (nSPS) is 11.6. The predicted octanol–water partition coefficient (Wildman–Crippen LogP) is 4.13. The van der Waals surface area contributed by atoms with Gasteiger partial charge in [-0.1, -0.05) is 18.2 Å². The lowest BCUT2D eigenvalue weighted by molar-refractivity contribution is -0.123. The molecule has 0 spiro atoms. The molecule has 0 bridgehead atoms. The maximum atomic E-state index is 13.0. The summed E-state index contributed by atoms with van der Waals surface area (Å²) in [4.78, 5) is 28.5. The fourth-order valence-corrected chi connectivity index (χ4v) is 2.93. The van der Waals surface area contributed by atoms with Gasteiger partial charge in [0, 0.05) is 16.6 Å². The number of carbonyl (C=O) groups excluding carboxylic acids is 2. The van der Waals surface area contributed by atoms with Crippen LogP contribution < -0.4 is 5.32 Å². The summed E-state index contributed by atoms with van der Waals surface area (Å²) in [5.74, 6) is -1.47. The number of nitrogens with one attached hydrogen (secondary N) is 1. The van der Waals surface area contributed by atoms with Crippen LogP contribution in [0, 0.1) is 5.82 Å². The van der Waals surface area contributed by atoms with Crippen molar-refractivity contribution in [1.29, 1.82) is 0 Å². The zero-order chi connectivity index (χ0) is 18.5. The Morgan fingerprint density at radius 3 is 2.50 bits per heavy atom. The molecule has 0 saturated carbocycles. The standard InChI is InChI=1S/C19H15FN2O3S/c1-12(17(23)21-15-5-3-2-4-6-15)25-19(24)16-11-26-18(22-16)13-7-9-14(20)10-8-13/h2-12H,1H3,(H,21,23). The van der Waals surface area contributed by atoms with E-state index in [4.69, 9.17) is 4.74 Å². The summed E-state index contributed by atoms with van der Waals surface area (Å²) in [6.45, 7) is 1.49. The van der Waals surface area contributed by atoms with Gasteiger partial charge in [-0.3, -0.25) is 4.79 Å². The minimum absolute atomic E-state index is 0.105. The zero-order valence-corrected chi connectivity index (χ0v) is 14.6. The lowest BCUT2D eigenvalue weighted by atomic mass is 10.2. The molecule has 1 heterocycles. The molecule has 1 aromatic heterocycles. The van der Waals surface area contributed by atoms with Gasteiger partial charge in [0.15, 0.2) is 11.8 Å². The van der Waals surface area contributed by atoms with Crippen LogP contribution in [-0.4, -0.2) is 23.0 Å². The van der Waals surface area contributed by atoms with Gasteiger partial charge in [0.05, 0.1) is 0 Å². The van der Waals surface area contributed by atoms with E-state index in [0.717, 1.165) is 0 Å². The maximum absolute atomic E-state index is 13.0. The second kappa shape index (κ2) is 7.88. The number of nitrogens with zero attached hydrogens (tertiary/aromatic N) is 1. The third-order valence-electron chi connectivity index (χ3n) is 3.50. The second-order valence-corrected chi connectivity index (χ2v) is 6.31. The number of rotatable bonds is 5. The van der Waals surface area contributed by atoms with Gasteiger partial charge in [0.2, 0.25) is 0 Å². The third-order valence-corrected chi connectivity index (χ3v) is 4.39. The number of benzene rings is 2. The highest BCUT2D eigenvalue weighted by Gasteiger charge is 2.21. The molecule has 132 valence electrons. The van der Waals surface area contributed by atoms with Crippen molar-refractivity contribution >= 4 is 28.9 Å². The summed E-state index contributed by atoms with van der Waals surface area (Å²) in [5, 5.41) is 4.78. The largest absolute Gasteiger partial charge is 0.448 e. The third kappa shape index (κ3) is 4.31. The van der Waals surface area contributed by atoms with Crippen LogP contribution in [-0.2, 0) is 9.53 Å². The average molecular weight is 370 g/mol. The summed E-state index contributed by atoms with van der Waals surface area (Å²) < 4.78 is 18.2. The van der Waals surface area contributed by atoms with Crippen molar-refractivity contribution in [3.8, 4) is 10.6 Å². The van der Waals surface area contributed by atoms with Gasteiger partial charge in [-0.2, -0.15) is 0 Å². The Bertz CT molecular complexity index is 910. The van der Waals surface area contributed by atoms with Crippen molar-refractivity contribution in [2.45, 2.75) is 13.0 Å². The van der Waals surface area contributed by atoms with Gasteiger partial charge >= 0.3 is 5.97 Å². The number of aromatic nitrogens is 1. The Morgan fingerprint density at radius 1 is 1.12 bits per heavy atom. The van der Waals surface area contributed by atoms with E-state index in [0.29, 0.717) is 16.3 Å². The van der Waals surface area contributed by atoms with Crippen molar-refractivity contribution in [2.24, 2.45) is 0 Å². The number of para-hydroxylation sites is 1. The monoisotopic (exact) mass is 370 g/mol. The number of halogens is 1. The van der Waals surface area contributed by atoms with Gasteiger partial charge in [-0.15, -0.1) is 11.3 Å². The lowest BCUT2D eigenvalue weighted by Crippen LogP contribution is -2.30. The molecule has 2 aromatic carbocycles. The molecule has 0 saturated heterocycles. The molecule has 1 N–H and O–H groups in total. The minimum atomic E-state index is -0.973. The van der Waals surface area contributed by atoms with Crippen molar-refractivity contribution in [1.82, 2.24) is 4.98 Å². The van der Waals surface area contributed by atoms with Crippen LogP contribution in [0.15, 0.2) is 60.0 Å². The molecule has 0 aliphatic rings. The Labute approximate surface area is 153 Å². The van der Waals surface area contributed by atoms with Crippen molar-refractivity contribution < 1.29 is 18.7 Å². The molecule has 7 heteroatoms. The Balaban J connectivity index is 1.62. The van der Waals surface area contributed by atoms with E-state index in [1.54, 1.807) is 41.8 Å². The summed E-state index contributed by atoms with van der Waals surface area (Å²) in [7, 11) is 0. The van der Waals surface area contributed by atoms with E-state index in [1.165, 1.54) is 30.4 Å². The first-order valence-corrected chi connectivity index (χ1v) is 8.69. The van der Waals surface area contributed by atoms with E-state index in [9.17, 15) is 14.0 Å². The molecule has 26 heavy (non-hydrogen) atoms. The first-order chi connectivity index (χ1) is 12.5. The first kappa shape index (κ1) is 17.8. The van der Waals surface area contributed by atoms with E-state index in [-0.39, 0.29) is 11.5 Å². The molecule has 0 fully saturated rings. The van der Waals surface area contributed by atoms with Crippen LogP contribution in [0.2, 0.25) is 0 Å². The maximum Gasteiger partial charge on any atom is 0.358 e. The van der Waals surface area contributed by atoms with Crippen LogP contribution in [0.25, 0.3) is 10.6 Å². The quantitative estimate of drug-likeness (QED) is 0.686. The minimum Gasteiger partial charge on any atom is -0.448 e. The Morgan fingerprint density at radius 2 is 1.81 bits per heavy atom. The number of ether oxygens (including phenoxy) is 1. The van der Waals surface area contributed by atoms with E-state index >= 15 is 0 Å². The van der Waals surface area contributed by atoms with Crippen molar-refractivity contribution in [3.05, 3.63) is 71.5 Å². The Kier molecular flexibility index (Phi) is 5.38. The van der Waals surface area contributed by atoms with Gasteiger partial charge in [0.1, 0.15) is 10.8 Å². The number of hydrogen-bond donors (Lipinski definition) is 1. The highest BCUT2D eigenvalue weighted by Crippen LogP contribution is 2.24. The lowest BCUT2D eigenvalue weighted by Gasteiger charge is -2.12. The molecule has 3 aromatic rings. The number of carbonyl (C=O) groups is 2. The molecule has 0 aliphatic heterocycles. The second-order valence-electron chi connectivity index (χ2n) is 5.45. The summed E-state index contributed by atoms with van der Waals surface area (Å²) in [6.07, 6.45) is -0.973. The summed E-state index contributed by atoms with van der Waals surface area (Å²) in [6, 6.07) is 14.7. The predicted molar refractivity (Wildman–Crippen MR) is 97.5 cm³/mol. The molecule has 0 aliphatic carbocycles. The number of anilines is 1. The van der Waals surface area contributed by atoms with Crippen LogP contribution in [0.4, 0.5) is 10.1 Å². The fourth-order valence-electron chi connectivity index (χ4n) is 2.13. The first-order valence-electron chi connectivity index (χ1n) is 7.81. The Hall–Kier alpha value is -3.06. The van der Waals surface area contributed by atoms with Gasteiger partial charge in [0.25, 0.3) is 5.91 Å². The SMILES string of the molecule is CC(OC(=O)c1csc(-c2ccc(F)cc2)n1)C(=O)Nc1ccccc1. The number of thiazole rings is 1. The summed E-state index contributed by atoms with van der Waals surface area (Å²) in [5.41, 5.74) is 1.42. The van der Waals surface area contributed by atoms with Crippen LogP contribution in [0.5, 0.6) is 0 Å². The molecule has 3 rings (SSSR count). The fraction of sp³-hybridized carbons (Fsp3) is 0.105. The van der Waals surface area contributed by atoms with Crippen LogP contribution >= 0.6 is 11.3 Å². The molecule has 1 amide bonds. The number of esters is 1. The van der Waals surface area contributed by atoms with Gasteiger partial charge in [-0.25, -0.2) is 14.2 Å². The number of hydrogen-bond acceptors (Lipinski definition) is 5. The highest BCUT2D eigenvalue weighted by molar-refractivity contribution is 7.13. The van der Waals surface area contributed by atoms with Gasteiger partial charge in [-0.05, 0) is 43.3 Å². The van der Waals surface area contributed by atoms with E-state index < -0.39 is 18.0 Å². The topological polar surface area (TPSA) is 68.3 Å². The van der Waals surface area contributed by atoms with Gasteiger partial charge < -0.3 is 10.1 Å². The molecule has 0 radical (unpaired) electrons. The van der Waals surface area contributed by atoms with Crippen molar-refractivity contribution in [2.75, 3.05) is 5.32 Å². The smallest absolute Gasteiger partial charge is 0.358 e. The highest BCUT2D eigenvalue weighted by atomic mass is 32.1. The number of amides is 1. The van der Waals surface area contributed by atoms with Crippen LogP contribution in [0.1, 0.15) is 17.4 Å². The van der Waals surface area contributed by atoms with Crippen molar-refractivity contribution in [3.63, 3.8) is 0 Å². The molecule has 1 atom stereocenters. The molecule has 1 unspecified atom stereocenters. The van der Waals surface area contributed by atoms with E-state index in [1.807, 2.05) is 6.07 Å². The molecular weight excluding hydrogens is 355 g/mol. The van der Waals surface area contributed by atoms with E-state index in [2.05, 4.69) is 10.3 Å². The molecular formula is C19H15FN2O3S. The molecule has 5 nitrogen and oxygen atoms in total. The average Bonchev–Trinajstić information content (AvgIpc) is 3.13. The summed E-state index contributed by atoms with van der Waals surface area (Å²) >= 11 is 1.24. The zero-order valence-electron chi connectivity index (χ0n) is 13.8.